The summed E-state index contributed by atoms with van der Waals surface area (Å²) in [5.41, 5.74) is 1.07. The molecule has 0 aliphatic carbocycles. The highest BCUT2D eigenvalue weighted by atomic mass is 16.4. The Morgan fingerprint density at radius 2 is 2.11 bits per heavy atom. The molecule has 2 rings (SSSR count). The number of rotatable bonds is 2. The molecule has 0 radical (unpaired) electrons. The molecule has 4 heteroatoms. The van der Waals surface area contributed by atoms with E-state index in [1.54, 1.807) is 11.5 Å². The third-order valence-corrected chi connectivity index (χ3v) is 2.52. The SMILES string of the molecule is Cc1ncc(C(=O)O)n1CC#Cc1ccccc1. The normalized spacial score (nSPS) is 9.61. The van der Waals surface area contributed by atoms with Crippen molar-refractivity contribution >= 4 is 5.97 Å². The van der Waals surface area contributed by atoms with E-state index >= 15 is 0 Å². The Labute approximate surface area is 105 Å². The van der Waals surface area contributed by atoms with Gasteiger partial charge in [-0.25, -0.2) is 9.78 Å². The van der Waals surface area contributed by atoms with Crippen LogP contribution in [0.1, 0.15) is 21.9 Å². The number of aryl methyl sites for hydroxylation is 1. The number of hydrogen-bond acceptors (Lipinski definition) is 2. The van der Waals surface area contributed by atoms with Crippen LogP contribution in [0.15, 0.2) is 36.5 Å². The van der Waals surface area contributed by atoms with Gasteiger partial charge >= 0.3 is 5.97 Å². The van der Waals surface area contributed by atoms with Gasteiger partial charge in [0.15, 0.2) is 0 Å². The summed E-state index contributed by atoms with van der Waals surface area (Å²) in [6.07, 6.45) is 1.35. The van der Waals surface area contributed by atoms with Crippen LogP contribution in [0.4, 0.5) is 0 Å². The topological polar surface area (TPSA) is 55.1 Å². The molecule has 1 N–H and O–H groups in total. The molecule has 1 aromatic carbocycles. The van der Waals surface area contributed by atoms with Crippen LogP contribution in [0.5, 0.6) is 0 Å². The summed E-state index contributed by atoms with van der Waals surface area (Å²) in [5, 5.41) is 8.99. The van der Waals surface area contributed by atoms with E-state index in [1.807, 2.05) is 30.3 Å². The molecule has 18 heavy (non-hydrogen) atoms. The fourth-order valence-corrected chi connectivity index (χ4v) is 1.58. The summed E-state index contributed by atoms with van der Waals surface area (Å²) in [4.78, 5) is 14.9. The zero-order chi connectivity index (χ0) is 13.0. The van der Waals surface area contributed by atoms with Crippen molar-refractivity contribution in [1.82, 2.24) is 9.55 Å². The number of aromatic carboxylic acids is 1. The molecule has 90 valence electrons. The van der Waals surface area contributed by atoms with E-state index in [1.165, 1.54) is 6.20 Å². The zero-order valence-corrected chi connectivity index (χ0v) is 9.92. The Balaban J connectivity index is 2.19. The first-order chi connectivity index (χ1) is 8.68. The molecule has 0 amide bonds. The molecule has 1 aromatic heterocycles. The maximum absolute atomic E-state index is 11.0. The van der Waals surface area contributed by atoms with Crippen LogP contribution in [-0.2, 0) is 6.54 Å². The van der Waals surface area contributed by atoms with Crippen LogP contribution in [0, 0.1) is 18.8 Å². The molecule has 0 atom stereocenters. The Kier molecular flexibility index (Phi) is 3.44. The summed E-state index contributed by atoms with van der Waals surface area (Å²) in [7, 11) is 0. The van der Waals surface area contributed by atoms with Crippen molar-refractivity contribution in [3.63, 3.8) is 0 Å². The van der Waals surface area contributed by atoms with Crippen LogP contribution in [0.25, 0.3) is 0 Å². The standard InChI is InChI=1S/C14H12N2O2/c1-11-15-10-13(14(17)18)16(11)9-5-8-12-6-3-2-4-7-12/h2-4,6-7,10H,9H2,1H3,(H,17,18). The Morgan fingerprint density at radius 1 is 1.39 bits per heavy atom. The van der Waals surface area contributed by atoms with Gasteiger partial charge in [-0.15, -0.1) is 0 Å². The number of hydrogen-bond donors (Lipinski definition) is 1. The highest BCUT2D eigenvalue weighted by Gasteiger charge is 2.11. The summed E-state index contributed by atoms with van der Waals surface area (Å²) < 4.78 is 1.58. The minimum Gasteiger partial charge on any atom is -0.477 e. The van der Waals surface area contributed by atoms with E-state index in [2.05, 4.69) is 16.8 Å². The number of carboxylic acids is 1. The van der Waals surface area contributed by atoms with Crippen LogP contribution < -0.4 is 0 Å². The molecule has 0 unspecified atom stereocenters. The van der Waals surface area contributed by atoms with Gasteiger partial charge in [-0.05, 0) is 19.1 Å². The van der Waals surface area contributed by atoms with Gasteiger partial charge in [0.2, 0.25) is 0 Å². The van der Waals surface area contributed by atoms with E-state index in [0.717, 1.165) is 5.56 Å². The molecule has 0 saturated carbocycles. The number of aromatic nitrogens is 2. The van der Waals surface area contributed by atoms with Crippen LogP contribution in [-0.4, -0.2) is 20.6 Å². The molecule has 1 heterocycles. The average Bonchev–Trinajstić information content (AvgIpc) is 2.73. The summed E-state index contributed by atoms with van der Waals surface area (Å²) >= 11 is 0. The number of imidazole rings is 1. The molecule has 2 aromatic rings. The van der Waals surface area contributed by atoms with Crippen molar-refractivity contribution in [1.29, 1.82) is 0 Å². The number of nitrogens with zero attached hydrogens (tertiary/aromatic N) is 2. The van der Waals surface area contributed by atoms with Gasteiger partial charge in [0.1, 0.15) is 11.5 Å². The highest BCUT2D eigenvalue weighted by molar-refractivity contribution is 5.85. The molecular formula is C14H12N2O2. The smallest absolute Gasteiger partial charge is 0.354 e. The quantitative estimate of drug-likeness (QED) is 0.816. The van der Waals surface area contributed by atoms with Crippen LogP contribution >= 0.6 is 0 Å². The molecule has 0 fully saturated rings. The molecule has 0 saturated heterocycles. The van der Waals surface area contributed by atoms with Gasteiger partial charge in [-0.2, -0.15) is 0 Å². The van der Waals surface area contributed by atoms with Gasteiger partial charge in [-0.3, -0.25) is 0 Å². The van der Waals surface area contributed by atoms with E-state index in [9.17, 15) is 4.79 Å². The van der Waals surface area contributed by atoms with Gasteiger partial charge in [-0.1, -0.05) is 30.0 Å². The molecule has 0 aliphatic heterocycles. The Hall–Kier alpha value is -2.54. The van der Waals surface area contributed by atoms with Crippen molar-refractivity contribution in [2.75, 3.05) is 0 Å². The first-order valence-electron chi connectivity index (χ1n) is 5.48. The lowest BCUT2D eigenvalue weighted by Gasteiger charge is -2.01. The average molecular weight is 240 g/mol. The summed E-state index contributed by atoms with van der Waals surface area (Å²) in [5.74, 6) is 5.59. The lowest BCUT2D eigenvalue weighted by Crippen LogP contribution is -2.09. The van der Waals surface area contributed by atoms with Crippen LogP contribution in [0.3, 0.4) is 0 Å². The van der Waals surface area contributed by atoms with Crippen molar-refractivity contribution in [3.8, 4) is 11.8 Å². The summed E-state index contributed by atoms with van der Waals surface area (Å²) in [6.45, 7) is 2.08. The maximum atomic E-state index is 11.0. The first kappa shape index (κ1) is 11.9. The Morgan fingerprint density at radius 3 is 2.78 bits per heavy atom. The van der Waals surface area contributed by atoms with Crippen molar-refractivity contribution in [3.05, 3.63) is 53.6 Å². The second kappa shape index (κ2) is 5.19. The maximum Gasteiger partial charge on any atom is 0.354 e. The largest absolute Gasteiger partial charge is 0.477 e. The lowest BCUT2D eigenvalue weighted by atomic mass is 10.2. The van der Waals surface area contributed by atoms with Crippen molar-refractivity contribution in [2.45, 2.75) is 13.5 Å². The van der Waals surface area contributed by atoms with Crippen molar-refractivity contribution < 1.29 is 9.90 Å². The molecular weight excluding hydrogens is 228 g/mol. The van der Waals surface area contributed by atoms with Gasteiger partial charge in [0.05, 0.1) is 12.7 Å². The third kappa shape index (κ3) is 2.58. The predicted octanol–water partition coefficient (Wildman–Crippen LogP) is 1.94. The molecule has 0 aliphatic rings. The Bertz CT molecular complexity index is 618. The fraction of sp³-hybridized carbons (Fsp3) is 0.143. The van der Waals surface area contributed by atoms with Crippen LogP contribution in [0.2, 0.25) is 0 Å². The second-order valence-electron chi connectivity index (χ2n) is 3.75. The van der Waals surface area contributed by atoms with Gasteiger partial charge in [0, 0.05) is 5.56 Å². The minimum atomic E-state index is -0.989. The second-order valence-corrected chi connectivity index (χ2v) is 3.75. The molecule has 0 spiro atoms. The van der Waals surface area contributed by atoms with E-state index in [-0.39, 0.29) is 5.69 Å². The highest BCUT2D eigenvalue weighted by Crippen LogP contribution is 2.04. The third-order valence-electron chi connectivity index (χ3n) is 2.52. The van der Waals surface area contributed by atoms with Gasteiger partial charge in [0.25, 0.3) is 0 Å². The zero-order valence-electron chi connectivity index (χ0n) is 9.92. The molecule has 0 bridgehead atoms. The number of carbonyl (C=O) groups is 1. The first-order valence-corrected chi connectivity index (χ1v) is 5.48. The van der Waals surface area contributed by atoms with E-state index in [4.69, 9.17) is 5.11 Å². The minimum absolute atomic E-state index is 0.162. The lowest BCUT2D eigenvalue weighted by molar-refractivity contribution is 0.0685. The summed E-state index contributed by atoms with van der Waals surface area (Å²) in [6, 6.07) is 9.57. The molecule has 4 nitrogen and oxygen atoms in total. The fourth-order valence-electron chi connectivity index (χ4n) is 1.58. The van der Waals surface area contributed by atoms with Gasteiger partial charge < -0.3 is 9.67 Å². The van der Waals surface area contributed by atoms with E-state index in [0.29, 0.717) is 12.4 Å². The monoisotopic (exact) mass is 240 g/mol. The predicted molar refractivity (Wildman–Crippen MR) is 67.2 cm³/mol. The number of benzene rings is 1. The van der Waals surface area contributed by atoms with E-state index < -0.39 is 5.97 Å². The number of carboxylic acid groups (broad SMARTS) is 1. The van der Waals surface area contributed by atoms with Crippen molar-refractivity contribution in [2.24, 2.45) is 0 Å².